The van der Waals surface area contributed by atoms with Gasteiger partial charge in [0.05, 0.1) is 7.11 Å². The summed E-state index contributed by atoms with van der Waals surface area (Å²) in [6.45, 7) is 9.02. The Hall–Kier alpha value is -1.02. The number of hydrogen-bond acceptors (Lipinski definition) is 2. The highest BCUT2D eigenvalue weighted by Gasteiger charge is 2.31. The third kappa shape index (κ3) is 2.54. The molecule has 0 spiro atoms. The molecule has 1 fully saturated rings. The van der Waals surface area contributed by atoms with E-state index >= 15 is 0 Å². The van der Waals surface area contributed by atoms with Crippen molar-refractivity contribution in [3.05, 3.63) is 29.3 Å². The maximum Gasteiger partial charge on any atom is 0.122 e. The van der Waals surface area contributed by atoms with Gasteiger partial charge in [-0.15, -0.1) is 0 Å². The van der Waals surface area contributed by atoms with E-state index in [0.717, 1.165) is 18.8 Å². The molecule has 1 saturated heterocycles. The lowest BCUT2D eigenvalue weighted by molar-refractivity contribution is 0.320. The lowest BCUT2D eigenvalue weighted by Gasteiger charge is -2.36. The Morgan fingerprint density at radius 3 is 2.67 bits per heavy atom. The summed E-state index contributed by atoms with van der Waals surface area (Å²) in [5.41, 5.74) is 2.97. The van der Waals surface area contributed by atoms with Crippen molar-refractivity contribution < 1.29 is 4.74 Å². The molecule has 0 aromatic heterocycles. The molecule has 1 N–H and O–H groups in total. The van der Waals surface area contributed by atoms with Crippen LogP contribution in [-0.4, -0.2) is 20.2 Å². The van der Waals surface area contributed by atoms with Crippen LogP contribution in [0.25, 0.3) is 0 Å². The fourth-order valence-electron chi connectivity index (χ4n) is 2.84. The molecule has 0 aliphatic carbocycles. The van der Waals surface area contributed by atoms with Crippen LogP contribution in [0, 0.1) is 0 Å². The zero-order valence-electron chi connectivity index (χ0n) is 12.0. The molecule has 1 unspecified atom stereocenters. The third-order valence-corrected chi connectivity index (χ3v) is 4.14. The standard InChI is InChI=1S/C16H25NO/c1-12(2)13-6-7-15(18-4)14(10-13)16(3)8-5-9-17-11-16/h6-7,10,12,17H,5,8-9,11H2,1-4H3. The Kier molecular flexibility index (Phi) is 3.96. The minimum atomic E-state index is 0.203. The maximum atomic E-state index is 5.57. The van der Waals surface area contributed by atoms with Gasteiger partial charge in [0.25, 0.3) is 0 Å². The summed E-state index contributed by atoms with van der Waals surface area (Å²) in [5.74, 6) is 1.60. The van der Waals surface area contributed by atoms with Crippen molar-refractivity contribution in [3.63, 3.8) is 0 Å². The fraction of sp³-hybridized carbons (Fsp3) is 0.625. The molecule has 2 nitrogen and oxygen atoms in total. The van der Waals surface area contributed by atoms with Gasteiger partial charge in [0.15, 0.2) is 0 Å². The summed E-state index contributed by atoms with van der Waals surface area (Å²) in [6.07, 6.45) is 2.48. The predicted octanol–water partition coefficient (Wildman–Crippen LogP) is 3.46. The Labute approximate surface area is 111 Å². The zero-order chi connectivity index (χ0) is 13.2. The maximum absolute atomic E-state index is 5.57. The zero-order valence-corrected chi connectivity index (χ0v) is 12.0. The van der Waals surface area contributed by atoms with E-state index in [2.05, 4.69) is 44.3 Å². The molecule has 1 aliphatic heterocycles. The summed E-state index contributed by atoms with van der Waals surface area (Å²) in [5, 5.41) is 3.52. The molecule has 1 heterocycles. The van der Waals surface area contributed by atoms with E-state index in [0.29, 0.717) is 5.92 Å². The van der Waals surface area contributed by atoms with Gasteiger partial charge in [0.1, 0.15) is 5.75 Å². The highest BCUT2D eigenvalue weighted by atomic mass is 16.5. The molecule has 0 radical (unpaired) electrons. The molecule has 18 heavy (non-hydrogen) atoms. The predicted molar refractivity (Wildman–Crippen MR) is 76.5 cm³/mol. The van der Waals surface area contributed by atoms with Crippen molar-refractivity contribution in [3.8, 4) is 5.75 Å². The van der Waals surface area contributed by atoms with Gasteiger partial charge in [-0.25, -0.2) is 0 Å². The van der Waals surface area contributed by atoms with Crippen LogP contribution in [0.5, 0.6) is 5.75 Å². The molecule has 1 aliphatic rings. The number of piperidine rings is 1. The number of hydrogen-bond donors (Lipinski definition) is 1. The highest BCUT2D eigenvalue weighted by molar-refractivity contribution is 5.43. The van der Waals surface area contributed by atoms with E-state index in [9.17, 15) is 0 Å². The minimum absolute atomic E-state index is 0.203. The second kappa shape index (κ2) is 5.31. The molecule has 2 heteroatoms. The molecular weight excluding hydrogens is 222 g/mol. The van der Waals surface area contributed by atoms with Crippen molar-refractivity contribution in [2.24, 2.45) is 0 Å². The summed E-state index contributed by atoms with van der Waals surface area (Å²) < 4.78 is 5.57. The number of ether oxygens (including phenoxy) is 1. The molecule has 1 aromatic rings. The summed E-state index contributed by atoms with van der Waals surface area (Å²) in [7, 11) is 1.77. The van der Waals surface area contributed by atoms with Crippen molar-refractivity contribution >= 4 is 0 Å². The quantitative estimate of drug-likeness (QED) is 0.883. The van der Waals surface area contributed by atoms with Crippen LogP contribution in [0.1, 0.15) is 50.7 Å². The number of methoxy groups -OCH3 is 1. The molecule has 1 atom stereocenters. The Morgan fingerprint density at radius 1 is 1.33 bits per heavy atom. The second-order valence-electron chi connectivity index (χ2n) is 5.96. The average molecular weight is 247 g/mol. The summed E-state index contributed by atoms with van der Waals surface area (Å²) in [6, 6.07) is 6.66. The van der Waals surface area contributed by atoms with Crippen LogP contribution >= 0.6 is 0 Å². The first-order valence-corrected chi connectivity index (χ1v) is 6.96. The monoisotopic (exact) mass is 247 g/mol. The fourth-order valence-corrected chi connectivity index (χ4v) is 2.84. The third-order valence-electron chi connectivity index (χ3n) is 4.14. The minimum Gasteiger partial charge on any atom is -0.496 e. The lowest BCUT2D eigenvalue weighted by Crippen LogP contribution is -2.41. The lowest BCUT2D eigenvalue weighted by atomic mass is 9.75. The second-order valence-corrected chi connectivity index (χ2v) is 5.96. The number of benzene rings is 1. The summed E-state index contributed by atoms with van der Waals surface area (Å²) in [4.78, 5) is 0. The topological polar surface area (TPSA) is 21.3 Å². The van der Waals surface area contributed by atoms with E-state index in [1.54, 1.807) is 7.11 Å². The van der Waals surface area contributed by atoms with Gasteiger partial charge < -0.3 is 10.1 Å². The summed E-state index contributed by atoms with van der Waals surface area (Å²) >= 11 is 0. The van der Waals surface area contributed by atoms with Crippen LogP contribution in [-0.2, 0) is 5.41 Å². The molecule has 0 amide bonds. The first-order chi connectivity index (χ1) is 8.57. The molecular formula is C16H25NO. The number of rotatable bonds is 3. The van der Waals surface area contributed by atoms with Crippen molar-refractivity contribution in [1.82, 2.24) is 5.32 Å². The van der Waals surface area contributed by atoms with Gasteiger partial charge in [-0.3, -0.25) is 0 Å². The van der Waals surface area contributed by atoms with Gasteiger partial charge in [-0.1, -0.05) is 32.9 Å². The van der Waals surface area contributed by atoms with E-state index < -0.39 is 0 Å². The molecule has 1 aromatic carbocycles. The Balaban J connectivity index is 2.42. The van der Waals surface area contributed by atoms with Crippen LogP contribution in [0.15, 0.2) is 18.2 Å². The van der Waals surface area contributed by atoms with Crippen LogP contribution < -0.4 is 10.1 Å². The largest absolute Gasteiger partial charge is 0.496 e. The smallest absolute Gasteiger partial charge is 0.122 e. The Bertz CT molecular complexity index is 406. The van der Waals surface area contributed by atoms with Gasteiger partial charge in [0.2, 0.25) is 0 Å². The van der Waals surface area contributed by atoms with Crippen molar-refractivity contribution in [2.75, 3.05) is 20.2 Å². The average Bonchev–Trinajstić information content (AvgIpc) is 2.38. The van der Waals surface area contributed by atoms with Crippen molar-refractivity contribution in [2.45, 2.75) is 44.9 Å². The van der Waals surface area contributed by atoms with Gasteiger partial charge in [-0.05, 0) is 36.9 Å². The molecule has 0 saturated carbocycles. The molecule has 0 bridgehead atoms. The van der Waals surface area contributed by atoms with E-state index in [1.807, 2.05) is 0 Å². The SMILES string of the molecule is COc1ccc(C(C)C)cc1C1(C)CCCNC1. The first-order valence-electron chi connectivity index (χ1n) is 6.96. The van der Waals surface area contributed by atoms with Crippen molar-refractivity contribution in [1.29, 1.82) is 0 Å². The highest BCUT2D eigenvalue weighted by Crippen LogP contribution is 2.38. The Morgan fingerprint density at radius 2 is 2.11 bits per heavy atom. The van der Waals surface area contributed by atoms with E-state index in [4.69, 9.17) is 4.74 Å². The van der Waals surface area contributed by atoms with Gasteiger partial charge >= 0.3 is 0 Å². The number of nitrogens with one attached hydrogen (secondary N) is 1. The van der Waals surface area contributed by atoms with Gasteiger partial charge in [0, 0.05) is 17.5 Å². The normalized spacial score (nSPS) is 24.3. The van der Waals surface area contributed by atoms with Gasteiger partial charge in [-0.2, -0.15) is 0 Å². The van der Waals surface area contributed by atoms with E-state index in [1.165, 1.54) is 24.0 Å². The van der Waals surface area contributed by atoms with E-state index in [-0.39, 0.29) is 5.41 Å². The molecule has 100 valence electrons. The van der Waals surface area contributed by atoms with Crippen LogP contribution in [0.2, 0.25) is 0 Å². The van der Waals surface area contributed by atoms with Crippen LogP contribution in [0.3, 0.4) is 0 Å². The van der Waals surface area contributed by atoms with Crippen LogP contribution in [0.4, 0.5) is 0 Å². The molecule has 2 rings (SSSR count). The first kappa shape index (κ1) is 13.4.